The van der Waals surface area contributed by atoms with Crippen molar-refractivity contribution >= 4 is 12.0 Å². The molecule has 2 rings (SSSR count). The number of nitrogens with zero attached hydrogens (tertiary/aromatic N) is 1. The molecule has 21 heavy (non-hydrogen) atoms. The van der Waals surface area contributed by atoms with Crippen molar-refractivity contribution in [3.05, 3.63) is 60.4 Å². The van der Waals surface area contributed by atoms with E-state index >= 15 is 0 Å². The van der Waals surface area contributed by atoms with Gasteiger partial charge in [-0.25, -0.2) is 4.79 Å². The summed E-state index contributed by atoms with van der Waals surface area (Å²) in [5.41, 5.74) is 0.560. The van der Waals surface area contributed by atoms with Crippen LogP contribution in [-0.2, 0) is 4.79 Å². The molecule has 0 unspecified atom stereocenters. The van der Waals surface area contributed by atoms with Crippen LogP contribution in [0.3, 0.4) is 0 Å². The van der Waals surface area contributed by atoms with Gasteiger partial charge in [0.05, 0.1) is 11.9 Å². The zero-order valence-electron chi connectivity index (χ0n) is 11.3. The molecule has 0 amide bonds. The molecule has 108 valence electrons. The zero-order valence-corrected chi connectivity index (χ0v) is 11.3. The molecule has 2 aromatic rings. The van der Waals surface area contributed by atoms with Crippen molar-refractivity contribution in [2.45, 2.75) is 0 Å². The van der Waals surface area contributed by atoms with Crippen molar-refractivity contribution in [2.24, 2.45) is 0 Å². The van der Waals surface area contributed by atoms with Crippen LogP contribution in [0.2, 0.25) is 0 Å². The molecule has 5 nitrogen and oxygen atoms in total. The molecule has 0 fully saturated rings. The molecular formula is C16H15NO4. The normalized spacial score (nSPS) is 10.5. The first-order valence-electron chi connectivity index (χ1n) is 6.42. The highest BCUT2D eigenvalue weighted by molar-refractivity contribution is 5.84. The number of pyridine rings is 1. The van der Waals surface area contributed by atoms with E-state index < -0.39 is 5.97 Å². The second kappa shape index (κ2) is 7.69. The van der Waals surface area contributed by atoms with Crippen LogP contribution in [0.4, 0.5) is 0 Å². The SMILES string of the molecule is O=C(O)C=Cc1ccc(OCCOc2ccccc2)cn1. The van der Waals surface area contributed by atoms with Gasteiger partial charge in [-0.2, -0.15) is 0 Å². The topological polar surface area (TPSA) is 68.7 Å². The molecule has 1 aromatic heterocycles. The summed E-state index contributed by atoms with van der Waals surface area (Å²) in [6.07, 6.45) is 4.01. The smallest absolute Gasteiger partial charge is 0.328 e. The molecule has 0 saturated carbocycles. The second-order valence-corrected chi connectivity index (χ2v) is 4.10. The zero-order chi connectivity index (χ0) is 14.9. The second-order valence-electron chi connectivity index (χ2n) is 4.10. The van der Waals surface area contributed by atoms with E-state index in [4.69, 9.17) is 14.6 Å². The first kappa shape index (κ1) is 14.6. The van der Waals surface area contributed by atoms with Crippen molar-refractivity contribution < 1.29 is 19.4 Å². The van der Waals surface area contributed by atoms with Crippen LogP contribution >= 0.6 is 0 Å². The van der Waals surface area contributed by atoms with E-state index in [1.165, 1.54) is 6.08 Å². The fourth-order valence-corrected chi connectivity index (χ4v) is 1.57. The van der Waals surface area contributed by atoms with Crippen LogP contribution in [0.5, 0.6) is 11.5 Å². The molecule has 1 N–H and O–H groups in total. The molecule has 1 aromatic carbocycles. The Kier molecular flexibility index (Phi) is 5.34. The predicted molar refractivity (Wildman–Crippen MR) is 78.3 cm³/mol. The lowest BCUT2D eigenvalue weighted by molar-refractivity contribution is -0.131. The van der Waals surface area contributed by atoms with Crippen molar-refractivity contribution in [1.29, 1.82) is 0 Å². The summed E-state index contributed by atoms with van der Waals surface area (Å²) in [7, 11) is 0. The molecule has 0 atom stereocenters. The van der Waals surface area contributed by atoms with Crippen molar-refractivity contribution in [1.82, 2.24) is 4.98 Å². The van der Waals surface area contributed by atoms with Crippen molar-refractivity contribution in [2.75, 3.05) is 13.2 Å². The minimum Gasteiger partial charge on any atom is -0.490 e. The van der Waals surface area contributed by atoms with Crippen molar-refractivity contribution in [3.63, 3.8) is 0 Å². The average molecular weight is 285 g/mol. The minimum atomic E-state index is -1.00. The standard InChI is InChI=1S/C16H15NO4/c18-16(19)9-7-13-6-8-15(12-17-13)21-11-10-20-14-4-2-1-3-5-14/h1-9,12H,10-11H2,(H,18,19). The summed E-state index contributed by atoms with van der Waals surface area (Å²) in [5.74, 6) is 0.405. The lowest BCUT2D eigenvalue weighted by Gasteiger charge is -2.08. The summed E-state index contributed by atoms with van der Waals surface area (Å²) in [4.78, 5) is 14.4. The highest BCUT2D eigenvalue weighted by atomic mass is 16.5. The number of para-hydroxylation sites is 1. The summed E-state index contributed by atoms with van der Waals surface area (Å²) in [6, 6.07) is 12.9. The Bertz CT molecular complexity index is 593. The number of hydrogen-bond acceptors (Lipinski definition) is 4. The third kappa shape index (κ3) is 5.36. The number of ether oxygens (including phenoxy) is 2. The van der Waals surface area contributed by atoms with Crippen LogP contribution in [0.25, 0.3) is 6.08 Å². The number of carboxylic acids is 1. The number of aliphatic carboxylic acids is 1. The molecular weight excluding hydrogens is 270 g/mol. The Morgan fingerprint density at radius 1 is 1.05 bits per heavy atom. The Hall–Kier alpha value is -2.82. The molecule has 0 aliphatic carbocycles. The Morgan fingerprint density at radius 3 is 2.38 bits per heavy atom. The molecule has 0 aliphatic rings. The quantitative estimate of drug-likeness (QED) is 0.625. The Morgan fingerprint density at radius 2 is 1.76 bits per heavy atom. The van der Waals surface area contributed by atoms with Crippen LogP contribution in [0.1, 0.15) is 5.69 Å². The first-order valence-corrected chi connectivity index (χ1v) is 6.42. The van der Waals surface area contributed by atoms with E-state index in [2.05, 4.69) is 4.98 Å². The maximum Gasteiger partial charge on any atom is 0.328 e. The molecule has 0 bridgehead atoms. The summed E-state index contributed by atoms with van der Waals surface area (Å²) < 4.78 is 11.0. The highest BCUT2D eigenvalue weighted by Crippen LogP contribution is 2.11. The molecule has 5 heteroatoms. The number of benzene rings is 1. The summed E-state index contributed by atoms with van der Waals surface area (Å²) >= 11 is 0. The number of aromatic nitrogens is 1. The number of carbonyl (C=O) groups is 1. The first-order chi connectivity index (χ1) is 10.2. The fraction of sp³-hybridized carbons (Fsp3) is 0.125. The maximum atomic E-state index is 10.4. The number of rotatable bonds is 7. The van der Waals surface area contributed by atoms with Gasteiger partial charge in [0.15, 0.2) is 0 Å². The monoisotopic (exact) mass is 285 g/mol. The number of carboxylic acid groups (broad SMARTS) is 1. The van der Waals surface area contributed by atoms with Gasteiger partial charge >= 0.3 is 5.97 Å². The van der Waals surface area contributed by atoms with Crippen molar-refractivity contribution in [3.8, 4) is 11.5 Å². The van der Waals surface area contributed by atoms with Gasteiger partial charge in [0.25, 0.3) is 0 Å². The average Bonchev–Trinajstić information content (AvgIpc) is 2.52. The van der Waals surface area contributed by atoms with E-state index in [0.717, 1.165) is 11.8 Å². The number of hydrogen-bond donors (Lipinski definition) is 1. The molecule has 1 heterocycles. The molecule has 0 spiro atoms. The van der Waals surface area contributed by atoms with Gasteiger partial charge in [0.2, 0.25) is 0 Å². The molecule has 0 aliphatic heterocycles. The van der Waals surface area contributed by atoms with Crippen LogP contribution in [0, 0.1) is 0 Å². The lowest BCUT2D eigenvalue weighted by atomic mass is 10.3. The van der Waals surface area contributed by atoms with Gasteiger partial charge in [-0.15, -0.1) is 0 Å². The Labute approximate surface area is 122 Å². The molecule has 0 saturated heterocycles. The summed E-state index contributed by atoms with van der Waals surface area (Å²) in [6.45, 7) is 0.839. The lowest BCUT2D eigenvalue weighted by Crippen LogP contribution is -2.09. The summed E-state index contributed by atoms with van der Waals surface area (Å²) in [5, 5.41) is 8.51. The predicted octanol–water partition coefficient (Wildman–Crippen LogP) is 2.64. The fourth-order valence-electron chi connectivity index (χ4n) is 1.57. The van der Waals surface area contributed by atoms with E-state index in [1.807, 2.05) is 30.3 Å². The van der Waals surface area contributed by atoms with Gasteiger partial charge in [0.1, 0.15) is 24.7 Å². The highest BCUT2D eigenvalue weighted by Gasteiger charge is 1.97. The van der Waals surface area contributed by atoms with Gasteiger partial charge in [-0.3, -0.25) is 4.98 Å². The largest absolute Gasteiger partial charge is 0.490 e. The van der Waals surface area contributed by atoms with Crippen LogP contribution in [-0.4, -0.2) is 29.3 Å². The van der Waals surface area contributed by atoms with Gasteiger partial charge in [-0.05, 0) is 30.3 Å². The van der Waals surface area contributed by atoms with Crippen LogP contribution in [0.15, 0.2) is 54.7 Å². The van der Waals surface area contributed by atoms with Crippen LogP contribution < -0.4 is 9.47 Å². The van der Waals surface area contributed by atoms with Gasteiger partial charge in [-0.1, -0.05) is 18.2 Å². The Balaban J connectivity index is 1.75. The van der Waals surface area contributed by atoms with E-state index in [9.17, 15) is 4.79 Å². The maximum absolute atomic E-state index is 10.4. The minimum absolute atomic E-state index is 0.404. The van der Waals surface area contributed by atoms with Gasteiger partial charge < -0.3 is 14.6 Å². The van der Waals surface area contributed by atoms with Gasteiger partial charge in [0, 0.05) is 6.08 Å². The third-order valence-electron chi connectivity index (χ3n) is 2.52. The third-order valence-corrected chi connectivity index (χ3v) is 2.52. The van der Waals surface area contributed by atoms with E-state index in [1.54, 1.807) is 18.3 Å². The molecule has 0 radical (unpaired) electrons. The van der Waals surface area contributed by atoms with E-state index in [-0.39, 0.29) is 0 Å². The van der Waals surface area contributed by atoms with E-state index in [0.29, 0.717) is 24.7 Å².